The van der Waals surface area contributed by atoms with Gasteiger partial charge < -0.3 is 19.9 Å². The summed E-state index contributed by atoms with van der Waals surface area (Å²) in [6, 6.07) is 4.11. The lowest BCUT2D eigenvalue weighted by Crippen LogP contribution is -2.14. The Morgan fingerprint density at radius 2 is 1.85 bits per heavy atom. The fourth-order valence-electron chi connectivity index (χ4n) is 1.63. The molecule has 0 unspecified atom stereocenters. The van der Waals surface area contributed by atoms with E-state index in [9.17, 15) is 0 Å². The van der Waals surface area contributed by atoms with E-state index in [0.29, 0.717) is 19.8 Å². The maximum atomic E-state index is 8.60. The summed E-state index contributed by atoms with van der Waals surface area (Å²) >= 11 is 7.05. The quantitative estimate of drug-likeness (QED) is 0.582. The maximum Gasteiger partial charge on any atom is 0.147 e. The minimum Gasteiger partial charge on any atom is -0.489 e. The molecule has 0 saturated heterocycles. The summed E-state index contributed by atoms with van der Waals surface area (Å²) in [6.07, 6.45) is 1.12. The minimum absolute atomic E-state index is 0.0346. The maximum absolute atomic E-state index is 8.60. The van der Waals surface area contributed by atoms with Crippen molar-refractivity contribution in [1.82, 2.24) is 5.32 Å². The highest BCUT2D eigenvalue weighted by Gasteiger charge is 2.09. The van der Waals surface area contributed by atoms with E-state index in [1.54, 1.807) is 0 Å². The van der Waals surface area contributed by atoms with Crippen LogP contribution in [0.4, 0.5) is 0 Å². The van der Waals surface area contributed by atoms with Crippen LogP contribution in [0.1, 0.15) is 18.9 Å². The van der Waals surface area contributed by atoms with Gasteiger partial charge in [-0.05, 0) is 62.5 Å². The number of ether oxygens (including phenoxy) is 2. The highest BCUT2D eigenvalue weighted by atomic mass is 79.9. The Bertz CT molecular complexity index is 379. The van der Waals surface area contributed by atoms with Gasteiger partial charge in [-0.15, -0.1) is 0 Å². The van der Waals surface area contributed by atoms with Crippen molar-refractivity contribution in [2.75, 3.05) is 33.0 Å². The molecule has 0 aliphatic rings. The monoisotopic (exact) mass is 409 g/mol. The van der Waals surface area contributed by atoms with Crippen LogP contribution in [0.2, 0.25) is 0 Å². The van der Waals surface area contributed by atoms with Crippen LogP contribution >= 0.6 is 31.9 Å². The van der Waals surface area contributed by atoms with E-state index in [0.717, 1.165) is 34.2 Å². The molecule has 1 rings (SSSR count). The Morgan fingerprint density at radius 3 is 2.45 bits per heavy atom. The van der Waals surface area contributed by atoms with Gasteiger partial charge in [0.1, 0.15) is 12.4 Å². The molecule has 1 aromatic rings. The molecule has 1 aromatic carbocycles. The van der Waals surface area contributed by atoms with E-state index in [2.05, 4.69) is 56.2 Å². The third-order valence-corrected chi connectivity index (χ3v) is 3.70. The van der Waals surface area contributed by atoms with Gasteiger partial charge in [-0.3, -0.25) is 0 Å². The van der Waals surface area contributed by atoms with Crippen LogP contribution in [0.15, 0.2) is 21.1 Å². The molecule has 0 bridgehead atoms. The molecule has 0 radical (unpaired) electrons. The summed E-state index contributed by atoms with van der Waals surface area (Å²) in [5, 5.41) is 12.0. The molecule has 20 heavy (non-hydrogen) atoms. The number of rotatable bonds is 10. The van der Waals surface area contributed by atoms with Crippen LogP contribution in [0.25, 0.3) is 0 Å². The molecule has 4 nitrogen and oxygen atoms in total. The lowest BCUT2D eigenvalue weighted by atomic mass is 10.2. The zero-order valence-electron chi connectivity index (χ0n) is 11.6. The van der Waals surface area contributed by atoms with Gasteiger partial charge in [-0.1, -0.05) is 6.92 Å². The van der Waals surface area contributed by atoms with E-state index in [1.807, 2.05) is 0 Å². The molecule has 0 heterocycles. The zero-order valence-corrected chi connectivity index (χ0v) is 14.8. The molecular weight excluding hydrogens is 390 g/mol. The Kier molecular flexibility index (Phi) is 9.46. The lowest BCUT2D eigenvalue weighted by molar-refractivity contribution is 0.0702. The van der Waals surface area contributed by atoms with Gasteiger partial charge in [0.15, 0.2) is 0 Å². The SMILES string of the molecule is CCCNCc1cc(Br)c(OCCOCCO)c(Br)c1. The molecule has 0 amide bonds. The predicted octanol–water partition coefficient (Wildman–Crippen LogP) is 3.10. The van der Waals surface area contributed by atoms with Crippen LogP contribution < -0.4 is 10.1 Å². The van der Waals surface area contributed by atoms with Crippen LogP contribution in [-0.4, -0.2) is 38.1 Å². The minimum atomic E-state index is 0.0346. The first-order chi connectivity index (χ1) is 9.69. The average molecular weight is 411 g/mol. The topological polar surface area (TPSA) is 50.7 Å². The summed E-state index contributed by atoms with van der Waals surface area (Å²) in [5.41, 5.74) is 1.20. The van der Waals surface area contributed by atoms with Crippen molar-refractivity contribution in [2.24, 2.45) is 0 Å². The Balaban J connectivity index is 2.51. The van der Waals surface area contributed by atoms with Gasteiger partial charge in [0.25, 0.3) is 0 Å². The van der Waals surface area contributed by atoms with Gasteiger partial charge >= 0.3 is 0 Å². The highest BCUT2D eigenvalue weighted by Crippen LogP contribution is 2.34. The number of halogens is 2. The normalized spacial score (nSPS) is 10.8. The van der Waals surface area contributed by atoms with Crippen molar-refractivity contribution >= 4 is 31.9 Å². The molecule has 0 aliphatic carbocycles. The molecular formula is C14H21Br2NO3. The number of aliphatic hydroxyl groups excluding tert-OH is 1. The molecule has 0 aromatic heterocycles. The molecule has 0 fully saturated rings. The lowest BCUT2D eigenvalue weighted by Gasteiger charge is -2.13. The summed E-state index contributed by atoms with van der Waals surface area (Å²) in [5.74, 6) is 0.775. The van der Waals surface area contributed by atoms with E-state index >= 15 is 0 Å². The second-order valence-electron chi connectivity index (χ2n) is 4.25. The van der Waals surface area contributed by atoms with Crippen LogP contribution in [0, 0.1) is 0 Å². The first-order valence-electron chi connectivity index (χ1n) is 6.69. The molecule has 6 heteroatoms. The van der Waals surface area contributed by atoms with Crippen molar-refractivity contribution in [1.29, 1.82) is 0 Å². The van der Waals surface area contributed by atoms with E-state index in [-0.39, 0.29) is 6.61 Å². The molecule has 114 valence electrons. The van der Waals surface area contributed by atoms with Gasteiger partial charge in [0, 0.05) is 6.54 Å². The largest absolute Gasteiger partial charge is 0.489 e. The summed E-state index contributed by atoms with van der Waals surface area (Å²) in [7, 11) is 0. The van der Waals surface area contributed by atoms with Crippen molar-refractivity contribution in [2.45, 2.75) is 19.9 Å². The third kappa shape index (κ3) is 6.54. The van der Waals surface area contributed by atoms with E-state index in [1.165, 1.54) is 5.56 Å². The van der Waals surface area contributed by atoms with Crippen LogP contribution in [0.5, 0.6) is 5.75 Å². The summed E-state index contributed by atoms with van der Waals surface area (Å²) in [4.78, 5) is 0. The fraction of sp³-hybridized carbons (Fsp3) is 0.571. The van der Waals surface area contributed by atoms with Crippen molar-refractivity contribution < 1.29 is 14.6 Å². The van der Waals surface area contributed by atoms with Gasteiger partial charge in [-0.2, -0.15) is 0 Å². The zero-order chi connectivity index (χ0) is 14.8. The molecule has 0 spiro atoms. The molecule has 0 saturated carbocycles. The van der Waals surface area contributed by atoms with Crippen molar-refractivity contribution in [3.8, 4) is 5.75 Å². The van der Waals surface area contributed by atoms with Crippen molar-refractivity contribution in [3.05, 3.63) is 26.6 Å². The van der Waals surface area contributed by atoms with Crippen LogP contribution in [0.3, 0.4) is 0 Å². The van der Waals surface area contributed by atoms with E-state index < -0.39 is 0 Å². The highest BCUT2D eigenvalue weighted by molar-refractivity contribution is 9.11. The standard InChI is InChI=1S/C14H21Br2NO3/c1-2-3-17-10-11-8-12(15)14(13(16)9-11)20-7-6-19-5-4-18/h8-9,17-18H,2-7,10H2,1H3. The fourth-order valence-corrected chi connectivity index (χ4v) is 3.14. The second-order valence-corrected chi connectivity index (χ2v) is 5.96. The summed E-state index contributed by atoms with van der Waals surface area (Å²) in [6.45, 7) is 5.28. The Morgan fingerprint density at radius 1 is 1.15 bits per heavy atom. The molecule has 0 atom stereocenters. The Hall–Kier alpha value is -0.140. The number of benzene rings is 1. The number of hydrogen-bond acceptors (Lipinski definition) is 4. The van der Waals surface area contributed by atoms with Gasteiger partial charge in [0.05, 0.1) is 28.8 Å². The summed E-state index contributed by atoms with van der Waals surface area (Å²) < 4.78 is 12.7. The van der Waals surface area contributed by atoms with Gasteiger partial charge in [0.2, 0.25) is 0 Å². The number of hydrogen-bond donors (Lipinski definition) is 2. The third-order valence-electron chi connectivity index (χ3n) is 2.52. The predicted molar refractivity (Wildman–Crippen MR) is 87.2 cm³/mol. The smallest absolute Gasteiger partial charge is 0.147 e. The number of nitrogens with one attached hydrogen (secondary N) is 1. The molecule has 0 aliphatic heterocycles. The molecule has 2 N–H and O–H groups in total. The average Bonchev–Trinajstić information content (AvgIpc) is 2.41. The Labute approximate surface area is 137 Å². The van der Waals surface area contributed by atoms with Crippen LogP contribution in [-0.2, 0) is 11.3 Å². The number of aliphatic hydroxyl groups is 1. The first kappa shape index (κ1) is 17.9. The first-order valence-corrected chi connectivity index (χ1v) is 8.27. The van der Waals surface area contributed by atoms with E-state index in [4.69, 9.17) is 14.6 Å². The second kappa shape index (κ2) is 10.6. The van der Waals surface area contributed by atoms with Crippen molar-refractivity contribution in [3.63, 3.8) is 0 Å². The van der Waals surface area contributed by atoms with Gasteiger partial charge in [-0.25, -0.2) is 0 Å².